The molecular weight excluding hydrogens is 168 g/mol. The predicted octanol–water partition coefficient (Wildman–Crippen LogP) is -0.146. The maximum absolute atomic E-state index is 5.40. The molecule has 2 aromatic heterocycles. The first-order valence-corrected chi connectivity index (χ1v) is 3.69. The van der Waals surface area contributed by atoms with E-state index in [1.54, 1.807) is 17.1 Å². The first kappa shape index (κ1) is 7.66. The normalized spacial score (nSPS) is 10.2. The summed E-state index contributed by atoms with van der Waals surface area (Å²) in [5.74, 6) is 1.07. The minimum atomic E-state index is 0.394. The number of nitrogens with zero attached hydrogens (tertiary/aromatic N) is 5. The lowest BCUT2D eigenvalue weighted by molar-refractivity contribution is 0.912. The first-order chi connectivity index (χ1) is 6.27. The molecular formula is C7H8N6. The van der Waals surface area contributed by atoms with Gasteiger partial charge in [0, 0.05) is 7.05 Å². The Balaban J connectivity index is 2.47. The second kappa shape index (κ2) is 2.81. The molecule has 0 saturated heterocycles. The van der Waals surface area contributed by atoms with Crippen molar-refractivity contribution in [3.8, 4) is 11.5 Å². The van der Waals surface area contributed by atoms with Crippen LogP contribution in [0.3, 0.4) is 0 Å². The third-order valence-electron chi connectivity index (χ3n) is 1.61. The van der Waals surface area contributed by atoms with Gasteiger partial charge in [-0.15, -0.1) is 10.2 Å². The Bertz CT molecular complexity index is 403. The van der Waals surface area contributed by atoms with Crippen molar-refractivity contribution in [2.24, 2.45) is 7.05 Å². The lowest BCUT2D eigenvalue weighted by atomic mass is 10.4. The summed E-state index contributed by atoms with van der Waals surface area (Å²) in [6.07, 6.45) is 4.66. The van der Waals surface area contributed by atoms with Crippen LogP contribution in [-0.2, 0) is 7.05 Å². The molecule has 66 valence electrons. The van der Waals surface area contributed by atoms with Crippen LogP contribution in [0.5, 0.6) is 0 Å². The van der Waals surface area contributed by atoms with Crippen LogP contribution < -0.4 is 5.73 Å². The molecule has 2 aromatic rings. The van der Waals surface area contributed by atoms with Gasteiger partial charge in [-0.05, 0) is 0 Å². The van der Waals surface area contributed by atoms with Crippen molar-refractivity contribution in [2.45, 2.75) is 0 Å². The third-order valence-corrected chi connectivity index (χ3v) is 1.61. The lowest BCUT2D eigenvalue weighted by Gasteiger charge is -1.98. The van der Waals surface area contributed by atoms with Gasteiger partial charge in [-0.2, -0.15) is 0 Å². The fourth-order valence-corrected chi connectivity index (χ4v) is 0.969. The standard InChI is InChI=1S/C7H8N6/c1-13-4-11-12-7(13)5-2-10-6(8)3-9-5/h2-4H,1H3,(H2,8,10). The number of aryl methyl sites for hydroxylation is 1. The number of rotatable bonds is 1. The minimum absolute atomic E-state index is 0.394. The number of aromatic nitrogens is 5. The van der Waals surface area contributed by atoms with E-state index in [4.69, 9.17) is 5.73 Å². The summed E-state index contributed by atoms with van der Waals surface area (Å²) in [5, 5.41) is 7.62. The van der Waals surface area contributed by atoms with Crippen molar-refractivity contribution in [3.05, 3.63) is 18.7 Å². The molecule has 0 aliphatic rings. The average Bonchev–Trinajstić information content (AvgIpc) is 2.53. The Morgan fingerprint density at radius 2 is 2.15 bits per heavy atom. The van der Waals surface area contributed by atoms with Crippen LogP contribution in [0.4, 0.5) is 5.82 Å². The van der Waals surface area contributed by atoms with Gasteiger partial charge in [0.1, 0.15) is 17.8 Å². The Morgan fingerprint density at radius 3 is 2.69 bits per heavy atom. The Labute approximate surface area is 74.5 Å². The topological polar surface area (TPSA) is 82.5 Å². The van der Waals surface area contributed by atoms with Crippen molar-refractivity contribution >= 4 is 5.82 Å². The molecule has 6 heteroatoms. The fraction of sp³-hybridized carbons (Fsp3) is 0.143. The monoisotopic (exact) mass is 176 g/mol. The third kappa shape index (κ3) is 1.33. The van der Waals surface area contributed by atoms with Crippen molar-refractivity contribution in [1.29, 1.82) is 0 Å². The molecule has 0 atom stereocenters. The van der Waals surface area contributed by atoms with Crippen molar-refractivity contribution in [1.82, 2.24) is 24.7 Å². The molecule has 2 rings (SSSR count). The van der Waals surface area contributed by atoms with E-state index in [0.29, 0.717) is 17.3 Å². The first-order valence-electron chi connectivity index (χ1n) is 3.69. The second-order valence-corrected chi connectivity index (χ2v) is 2.59. The van der Waals surface area contributed by atoms with Crippen LogP contribution in [0.1, 0.15) is 0 Å². The van der Waals surface area contributed by atoms with Crippen molar-refractivity contribution in [3.63, 3.8) is 0 Å². The zero-order valence-corrected chi connectivity index (χ0v) is 7.05. The summed E-state index contributed by atoms with van der Waals surface area (Å²) < 4.78 is 1.76. The average molecular weight is 176 g/mol. The van der Waals surface area contributed by atoms with Crippen LogP contribution in [0.15, 0.2) is 18.7 Å². The number of nitrogen functional groups attached to an aromatic ring is 1. The van der Waals surface area contributed by atoms with Gasteiger partial charge >= 0.3 is 0 Å². The molecule has 0 bridgehead atoms. The van der Waals surface area contributed by atoms with E-state index in [1.165, 1.54) is 6.20 Å². The van der Waals surface area contributed by atoms with E-state index in [0.717, 1.165) is 0 Å². The van der Waals surface area contributed by atoms with Gasteiger partial charge < -0.3 is 10.3 Å². The quantitative estimate of drug-likeness (QED) is 0.653. The summed E-state index contributed by atoms with van der Waals surface area (Å²) in [5.41, 5.74) is 6.06. The molecule has 0 aromatic carbocycles. The van der Waals surface area contributed by atoms with Gasteiger partial charge in [0.15, 0.2) is 5.82 Å². The van der Waals surface area contributed by atoms with Crippen LogP contribution in [0.25, 0.3) is 11.5 Å². The highest BCUT2D eigenvalue weighted by Gasteiger charge is 2.05. The largest absolute Gasteiger partial charge is 0.382 e. The SMILES string of the molecule is Cn1cnnc1-c1cnc(N)cn1. The molecule has 0 saturated carbocycles. The van der Waals surface area contributed by atoms with E-state index >= 15 is 0 Å². The summed E-state index contributed by atoms with van der Waals surface area (Å²) >= 11 is 0. The Hall–Kier alpha value is -1.98. The van der Waals surface area contributed by atoms with Gasteiger partial charge in [0.25, 0.3) is 0 Å². The second-order valence-electron chi connectivity index (χ2n) is 2.59. The van der Waals surface area contributed by atoms with Gasteiger partial charge in [0.05, 0.1) is 12.4 Å². The zero-order valence-electron chi connectivity index (χ0n) is 7.05. The van der Waals surface area contributed by atoms with Gasteiger partial charge in [-0.1, -0.05) is 0 Å². The number of hydrogen-bond acceptors (Lipinski definition) is 5. The molecule has 0 unspecified atom stereocenters. The molecule has 6 nitrogen and oxygen atoms in total. The van der Waals surface area contributed by atoms with Crippen LogP contribution in [0.2, 0.25) is 0 Å². The number of hydrogen-bond donors (Lipinski definition) is 1. The van der Waals surface area contributed by atoms with E-state index in [9.17, 15) is 0 Å². The van der Waals surface area contributed by atoms with Crippen LogP contribution in [-0.4, -0.2) is 24.7 Å². The van der Waals surface area contributed by atoms with Crippen LogP contribution >= 0.6 is 0 Å². The molecule has 2 heterocycles. The predicted molar refractivity (Wildman–Crippen MR) is 46.4 cm³/mol. The van der Waals surface area contributed by atoms with Crippen molar-refractivity contribution in [2.75, 3.05) is 5.73 Å². The highest BCUT2D eigenvalue weighted by molar-refractivity contribution is 5.48. The molecule has 13 heavy (non-hydrogen) atoms. The zero-order chi connectivity index (χ0) is 9.26. The smallest absolute Gasteiger partial charge is 0.183 e. The van der Waals surface area contributed by atoms with Gasteiger partial charge in [-0.25, -0.2) is 9.97 Å². The summed E-state index contributed by atoms with van der Waals surface area (Å²) in [6.45, 7) is 0. The van der Waals surface area contributed by atoms with E-state index < -0.39 is 0 Å². The van der Waals surface area contributed by atoms with E-state index in [-0.39, 0.29) is 0 Å². The van der Waals surface area contributed by atoms with Gasteiger partial charge in [-0.3, -0.25) is 0 Å². The maximum atomic E-state index is 5.40. The lowest BCUT2D eigenvalue weighted by Crippen LogP contribution is -1.96. The highest BCUT2D eigenvalue weighted by Crippen LogP contribution is 2.10. The Morgan fingerprint density at radius 1 is 1.31 bits per heavy atom. The molecule has 0 aliphatic heterocycles. The molecule has 2 N–H and O–H groups in total. The molecule has 0 radical (unpaired) electrons. The van der Waals surface area contributed by atoms with E-state index in [2.05, 4.69) is 20.2 Å². The minimum Gasteiger partial charge on any atom is -0.382 e. The van der Waals surface area contributed by atoms with Crippen LogP contribution in [0, 0.1) is 0 Å². The fourth-order valence-electron chi connectivity index (χ4n) is 0.969. The number of anilines is 1. The van der Waals surface area contributed by atoms with Crippen molar-refractivity contribution < 1.29 is 0 Å². The van der Waals surface area contributed by atoms with Gasteiger partial charge in [0.2, 0.25) is 0 Å². The summed E-state index contributed by atoms with van der Waals surface area (Å²) in [6, 6.07) is 0. The number of nitrogens with two attached hydrogens (primary N) is 1. The molecule has 0 amide bonds. The van der Waals surface area contributed by atoms with E-state index in [1.807, 2.05) is 7.05 Å². The molecule has 0 fully saturated rings. The maximum Gasteiger partial charge on any atom is 0.183 e. The molecule has 0 aliphatic carbocycles. The molecule has 0 spiro atoms. The summed E-state index contributed by atoms with van der Waals surface area (Å²) in [4.78, 5) is 7.98. The highest BCUT2D eigenvalue weighted by atomic mass is 15.3. The summed E-state index contributed by atoms with van der Waals surface area (Å²) in [7, 11) is 1.84. The Kier molecular flexibility index (Phi) is 1.66.